The monoisotopic (exact) mass is 410 g/mol. The second kappa shape index (κ2) is 9.58. The molecule has 29 heavy (non-hydrogen) atoms. The van der Waals surface area contributed by atoms with Crippen LogP contribution in [0, 0.1) is 6.42 Å². The number of ether oxygens (including phenoxy) is 1. The molecule has 5 nitrogen and oxygen atoms in total. The lowest BCUT2D eigenvalue weighted by molar-refractivity contribution is 0.209. The van der Waals surface area contributed by atoms with Gasteiger partial charge < -0.3 is 9.84 Å². The lowest BCUT2D eigenvalue weighted by Crippen LogP contribution is -2.12. The molecule has 0 saturated heterocycles. The minimum Gasteiger partial charge on any atom is -0.487 e. The van der Waals surface area contributed by atoms with Gasteiger partial charge in [0, 0.05) is 0 Å². The van der Waals surface area contributed by atoms with Crippen LogP contribution < -0.4 is 9.46 Å². The second-order valence-corrected chi connectivity index (χ2v) is 8.52. The Morgan fingerprint density at radius 2 is 1.59 bits per heavy atom. The molecule has 0 aliphatic heterocycles. The van der Waals surface area contributed by atoms with Crippen LogP contribution in [0.25, 0.3) is 0 Å². The maximum atomic E-state index is 11.8. The maximum absolute atomic E-state index is 11.8. The van der Waals surface area contributed by atoms with Gasteiger partial charge in [-0.3, -0.25) is 4.72 Å². The van der Waals surface area contributed by atoms with E-state index < -0.39 is 16.1 Å². The Labute approximate surface area is 172 Å². The first kappa shape index (κ1) is 20.9. The molecular weight excluding hydrogens is 386 g/mol. The quantitative estimate of drug-likeness (QED) is 0.556. The van der Waals surface area contributed by atoms with Crippen molar-refractivity contribution in [3.63, 3.8) is 0 Å². The summed E-state index contributed by atoms with van der Waals surface area (Å²) in [6.45, 7) is 0.307. The standard InChI is InChI=1S/C23H24NO4S/c1-29(26,27)24-21-16-20(22(25)14-12-18-8-4-2-5-9-18)13-15-23(21)28-17-19-10-6-3-7-11-19/h2-11,13-16,22,24-25H,12,17H2,1H3/t22-/m1/s1. The molecule has 0 fully saturated rings. The van der Waals surface area contributed by atoms with Gasteiger partial charge >= 0.3 is 0 Å². The number of aliphatic hydroxyl groups is 1. The minimum atomic E-state index is -3.50. The molecule has 3 rings (SSSR count). The van der Waals surface area contributed by atoms with Crippen molar-refractivity contribution < 1.29 is 18.3 Å². The molecule has 2 N–H and O–H groups in total. The van der Waals surface area contributed by atoms with Crippen LogP contribution in [-0.4, -0.2) is 19.8 Å². The number of nitrogens with one attached hydrogen (secondary N) is 1. The number of aliphatic hydroxyl groups excluding tert-OH is 1. The van der Waals surface area contributed by atoms with Gasteiger partial charge in [-0.05, 0) is 41.7 Å². The van der Waals surface area contributed by atoms with Gasteiger partial charge in [0.2, 0.25) is 10.0 Å². The van der Waals surface area contributed by atoms with E-state index in [2.05, 4.69) is 4.72 Å². The summed E-state index contributed by atoms with van der Waals surface area (Å²) in [6, 6.07) is 24.4. The molecule has 3 aromatic carbocycles. The summed E-state index contributed by atoms with van der Waals surface area (Å²) in [5.41, 5.74) is 2.94. The van der Waals surface area contributed by atoms with Gasteiger partial charge in [-0.25, -0.2) is 8.42 Å². The normalized spacial score (nSPS) is 12.3. The number of sulfonamides is 1. The highest BCUT2D eigenvalue weighted by Crippen LogP contribution is 2.31. The van der Waals surface area contributed by atoms with Gasteiger partial charge in [0.15, 0.2) is 0 Å². The summed E-state index contributed by atoms with van der Waals surface area (Å²) in [5, 5.41) is 10.5. The van der Waals surface area contributed by atoms with Crippen LogP contribution in [0.1, 0.15) is 22.8 Å². The lowest BCUT2D eigenvalue weighted by atomic mass is 10.0. The van der Waals surface area contributed by atoms with Crippen LogP contribution in [0.3, 0.4) is 0 Å². The fourth-order valence-corrected chi connectivity index (χ4v) is 3.43. The lowest BCUT2D eigenvalue weighted by Gasteiger charge is -2.16. The molecule has 0 aliphatic rings. The van der Waals surface area contributed by atoms with Crippen LogP contribution in [0.15, 0.2) is 78.9 Å². The van der Waals surface area contributed by atoms with Crippen molar-refractivity contribution in [2.75, 3.05) is 11.0 Å². The smallest absolute Gasteiger partial charge is 0.229 e. The van der Waals surface area contributed by atoms with Crippen LogP contribution in [0.4, 0.5) is 5.69 Å². The molecule has 0 amide bonds. The highest BCUT2D eigenvalue weighted by Gasteiger charge is 2.15. The SMILES string of the molecule is CS(=O)(=O)Nc1cc([C@H](O)[CH]Cc2ccccc2)ccc1OCc1ccccc1. The number of hydrogen-bond donors (Lipinski definition) is 2. The molecule has 1 atom stereocenters. The van der Waals surface area contributed by atoms with Gasteiger partial charge in [-0.1, -0.05) is 66.7 Å². The predicted octanol–water partition coefficient (Wildman–Crippen LogP) is 4.12. The third-order valence-corrected chi connectivity index (χ3v) is 4.89. The van der Waals surface area contributed by atoms with E-state index in [1.54, 1.807) is 24.6 Å². The van der Waals surface area contributed by atoms with E-state index in [4.69, 9.17) is 4.74 Å². The molecule has 1 radical (unpaired) electrons. The van der Waals surface area contributed by atoms with E-state index in [9.17, 15) is 13.5 Å². The minimum absolute atomic E-state index is 0.299. The Balaban J connectivity index is 1.75. The van der Waals surface area contributed by atoms with Gasteiger partial charge in [0.05, 0.1) is 18.0 Å². The molecule has 0 unspecified atom stereocenters. The van der Waals surface area contributed by atoms with Gasteiger partial charge in [-0.15, -0.1) is 0 Å². The molecule has 151 valence electrons. The van der Waals surface area contributed by atoms with Crippen molar-refractivity contribution in [3.05, 3.63) is 102 Å². The van der Waals surface area contributed by atoms with E-state index in [1.165, 1.54) is 0 Å². The topological polar surface area (TPSA) is 75.6 Å². The molecule has 0 heterocycles. The van der Waals surface area contributed by atoms with Crippen LogP contribution in [0.2, 0.25) is 0 Å². The van der Waals surface area contributed by atoms with Crippen molar-refractivity contribution in [1.82, 2.24) is 0 Å². The third-order valence-electron chi connectivity index (χ3n) is 4.30. The van der Waals surface area contributed by atoms with E-state index in [1.807, 2.05) is 60.7 Å². The Morgan fingerprint density at radius 3 is 2.21 bits per heavy atom. The Morgan fingerprint density at radius 1 is 0.966 bits per heavy atom. The molecule has 0 spiro atoms. The van der Waals surface area contributed by atoms with Crippen molar-refractivity contribution in [2.45, 2.75) is 19.1 Å². The van der Waals surface area contributed by atoms with Crippen LogP contribution in [-0.2, 0) is 23.1 Å². The average molecular weight is 411 g/mol. The van der Waals surface area contributed by atoms with Gasteiger partial charge in [0.1, 0.15) is 12.4 Å². The maximum Gasteiger partial charge on any atom is 0.229 e. The molecule has 6 heteroatoms. The first-order valence-corrected chi connectivity index (χ1v) is 11.1. The molecule has 0 aliphatic carbocycles. The van der Waals surface area contributed by atoms with E-state index in [-0.39, 0.29) is 0 Å². The summed E-state index contributed by atoms with van der Waals surface area (Å²) in [6.07, 6.45) is 2.62. The Kier molecular flexibility index (Phi) is 6.90. The number of anilines is 1. The summed E-state index contributed by atoms with van der Waals surface area (Å²) in [7, 11) is -3.50. The largest absolute Gasteiger partial charge is 0.487 e. The zero-order chi connectivity index (χ0) is 20.7. The van der Waals surface area contributed by atoms with Crippen LogP contribution in [0.5, 0.6) is 5.75 Å². The van der Waals surface area contributed by atoms with Gasteiger partial charge in [-0.2, -0.15) is 0 Å². The predicted molar refractivity (Wildman–Crippen MR) is 115 cm³/mol. The Hall–Kier alpha value is -2.83. The van der Waals surface area contributed by atoms with Crippen molar-refractivity contribution >= 4 is 15.7 Å². The van der Waals surface area contributed by atoms with E-state index in [0.29, 0.717) is 30.0 Å². The summed E-state index contributed by atoms with van der Waals surface area (Å²) in [5.74, 6) is 0.401. The number of benzene rings is 3. The zero-order valence-corrected chi connectivity index (χ0v) is 17.0. The third kappa shape index (κ3) is 6.62. The van der Waals surface area contributed by atoms with Crippen molar-refractivity contribution in [1.29, 1.82) is 0 Å². The second-order valence-electron chi connectivity index (χ2n) is 6.77. The average Bonchev–Trinajstić information content (AvgIpc) is 2.71. The van der Waals surface area contributed by atoms with E-state index in [0.717, 1.165) is 17.4 Å². The number of hydrogen-bond acceptors (Lipinski definition) is 4. The summed E-state index contributed by atoms with van der Waals surface area (Å²) >= 11 is 0. The first-order valence-electron chi connectivity index (χ1n) is 9.24. The molecular formula is C23H24NO4S. The van der Waals surface area contributed by atoms with Gasteiger partial charge in [0.25, 0.3) is 0 Å². The van der Waals surface area contributed by atoms with Crippen molar-refractivity contribution in [2.24, 2.45) is 0 Å². The van der Waals surface area contributed by atoms with E-state index >= 15 is 0 Å². The van der Waals surface area contributed by atoms with Crippen molar-refractivity contribution in [3.8, 4) is 5.75 Å². The molecule has 0 aromatic heterocycles. The summed E-state index contributed by atoms with van der Waals surface area (Å²) in [4.78, 5) is 0. The first-order chi connectivity index (χ1) is 13.9. The zero-order valence-electron chi connectivity index (χ0n) is 16.2. The molecule has 0 saturated carbocycles. The fourth-order valence-electron chi connectivity index (χ4n) is 2.87. The Bertz CT molecular complexity index is 1020. The number of rotatable bonds is 9. The highest BCUT2D eigenvalue weighted by atomic mass is 32.2. The summed E-state index contributed by atoms with van der Waals surface area (Å²) < 4.78 is 31.9. The van der Waals surface area contributed by atoms with Crippen LogP contribution >= 0.6 is 0 Å². The molecule has 0 bridgehead atoms. The highest BCUT2D eigenvalue weighted by molar-refractivity contribution is 7.92. The molecule has 3 aromatic rings. The fraction of sp³-hybridized carbons (Fsp3) is 0.174.